The molecule has 4 heteroatoms. The molecule has 0 aliphatic heterocycles. The van der Waals surface area contributed by atoms with Crippen LogP contribution in [0, 0.1) is 6.92 Å². The molecule has 0 saturated carbocycles. The first kappa shape index (κ1) is 14.6. The molecule has 0 spiro atoms. The first-order chi connectivity index (χ1) is 9.56. The van der Waals surface area contributed by atoms with Crippen LogP contribution < -0.4 is 10.5 Å². The van der Waals surface area contributed by atoms with Crippen molar-refractivity contribution in [2.75, 3.05) is 13.7 Å². The van der Waals surface area contributed by atoms with Gasteiger partial charge >= 0.3 is 0 Å². The molecule has 0 amide bonds. The zero-order valence-corrected chi connectivity index (χ0v) is 12.6. The van der Waals surface area contributed by atoms with Gasteiger partial charge in [0.1, 0.15) is 17.2 Å². The second kappa shape index (κ2) is 6.09. The standard InChI is InChI=1S/C16H22N2O2/c1-10(2)13-9-12(5-6-14(13)19-4)16-15(7-8-17)20-11(3)18-16/h5-6,9-10H,7-8,17H2,1-4H3. The number of benzene rings is 1. The van der Waals surface area contributed by atoms with Gasteiger partial charge in [-0.25, -0.2) is 4.98 Å². The Bertz CT molecular complexity index is 588. The van der Waals surface area contributed by atoms with Crippen molar-refractivity contribution in [1.29, 1.82) is 0 Å². The first-order valence-corrected chi connectivity index (χ1v) is 6.91. The molecule has 4 nitrogen and oxygen atoms in total. The van der Waals surface area contributed by atoms with E-state index in [4.69, 9.17) is 14.9 Å². The third kappa shape index (κ3) is 2.85. The molecule has 108 valence electrons. The molecule has 2 aromatic rings. The average molecular weight is 274 g/mol. The minimum atomic E-state index is 0.385. The highest BCUT2D eigenvalue weighted by atomic mass is 16.5. The van der Waals surface area contributed by atoms with Gasteiger partial charge in [-0.3, -0.25) is 0 Å². The smallest absolute Gasteiger partial charge is 0.191 e. The van der Waals surface area contributed by atoms with E-state index >= 15 is 0 Å². The van der Waals surface area contributed by atoms with Gasteiger partial charge in [0.15, 0.2) is 5.89 Å². The molecular formula is C16H22N2O2. The number of aryl methyl sites for hydroxylation is 1. The maximum absolute atomic E-state index is 5.64. The van der Waals surface area contributed by atoms with Gasteiger partial charge in [0.25, 0.3) is 0 Å². The van der Waals surface area contributed by atoms with Gasteiger partial charge in [-0.1, -0.05) is 13.8 Å². The third-order valence-corrected chi connectivity index (χ3v) is 3.30. The van der Waals surface area contributed by atoms with Gasteiger partial charge in [-0.05, 0) is 36.2 Å². The fourth-order valence-corrected chi connectivity index (χ4v) is 2.33. The molecule has 0 aliphatic rings. The maximum Gasteiger partial charge on any atom is 0.191 e. The Kier molecular flexibility index (Phi) is 4.45. The van der Waals surface area contributed by atoms with Crippen LogP contribution in [-0.4, -0.2) is 18.6 Å². The number of nitrogens with two attached hydrogens (primary N) is 1. The van der Waals surface area contributed by atoms with Crippen molar-refractivity contribution in [2.45, 2.75) is 33.1 Å². The van der Waals surface area contributed by atoms with E-state index in [9.17, 15) is 0 Å². The van der Waals surface area contributed by atoms with Crippen LogP contribution in [-0.2, 0) is 6.42 Å². The summed E-state index contributed by atoms with van der Waals surface area (Å²) in [4.78, 5) is 4.49. The predicted octanol–water partition coefficient (Wildman–Crippen LogP) is 3.28. The summed E-state index contributed by atoms with van der Waals surface area (Å²) in [5, 5.41) is 0. The van der Waals surface area contributed by atoms with Gasteiger partial charge in [-0.2, -0.15) is 0 Å². The average Bonchev–Trinajstić information content (AvgIpc) is 2.79. The number of nitrogens with zero attached hydrogens (tertiary/aromatic N) is 1. The van der Waals surface area contributed by atoms with E-state index in [1.807, 2.05) is 19.1 Å². The monoisotopic (exact) mass is 274 g/mol. The van der Waals surface area contributed by atoms with Crippen LogP contribution in [0.4, 0.5) is 0 Å². The van der Waals surface area contributed by atoms with E-state index in [0.717, 1.165) is 22.8 Å². The molecular weight excluding hydrogens is 252 g/mol. The largest absolute Gasteiger partial charge is 0.496 e. The number of hydrogen-bond donors (Lipinski definition) is 1. The number of rotatable bonds is 5. The summed E-state index contributed by atoms with van der Waals surface area (Å²) in [7, 11) is 1.70. The van der Waals surface area contributed by atoms with Crippen molar-refractivity contribution in [3.8, 4) is 17.0 Å². The Labute approximate surface area is 120 Å². The number of methoxy groups -OCH3 is 1. The third-order valence-electron chi connectivity index (χ3n) is 3.30. The second-order valence-corrected chi connectivity index (χ2v) is 5.15. The van der Waals surface area contributed by atoms with Crippen LogP contribution >= 0.6 is 0 Å². The highest BCUT2D eigenvalue weighted by Gasteiger charge is 2.15. The quantitative estimate of drug-likeness (QED) is 0.909. The van der Waals surface area contributed by atoms with Crippen molar-refractivity contribution in [1.82, 2.24) is 4.98 Å². The lowest BCUT2D eigenvalue weighted by molar-refractivity contribution is 0.407. The van der Waals surface area contributed by atoms with Crippen molar-refractivity contribution in [3.05, 3.63) is 35.4 Å². The van der Waals surface area contributed by atoms with Crippen molar-refractivity contribution in [3.63, 3.8) is 0 Å². The summed E-state index contributed by atoms with van der Waals surface area (Å²) in [6, 6.07) is 6.13. The lowest BCUT2D eigenvalue weighted by atomic mass is 9.97. The van der Waals surface area contributed by atoms with Crippen LogP contribution in [0.2, 0.25) is 0 Å². The van der Waals surface area contributed by atoms with Gasteiger partial charge in [-0.15, -0.1) is 0 Å². The zero-order chi connectivity index (χ0) is 14.7. The fraction of sp³-hybridized carbons (Fsp3) is 0.438. The van der Waals surface area contributed by atoms with Crippen molar-refractivity contribution < 1.29 is 9.15 Å². The van der Waals surface area contributed by atoms with Gasteiger partial charge in [0.05, 0.1) is 7.11 Å². The van der Waals surface area contributed by atoms with Crippen LogP contribution in [0.3, 0.4) is 0 Å². The summed E-state index contributed by atoms with van der Waals surface area (Å²) in [5.41, 5.74) is 8.74. The van der Waals surface area contributed by atoms with Gasteiger partial charge in [0.2, 0.25) is 0 Å². The molecule has 2 N–H and O–H groups in total. The lowest BCUT2D eigenvalue weighted by Crippen LogP contribution is -2.03. The number of oxazole rings is 1. The van der Waals surface area contributed by atoms with Crippen molar-refractivity contribution >= 4 is 0 Å². The van der Waals surface area contributed by atoms with Crippen LogP contribution in [0.15, 0.2) is 22.6 Å². The molecule has 0 saturated heterocycles. The normalized spacial score (nSPS) is 11.1. The SMILES string of the molecule is COc1ccc(-c2nc(C)oc2CCN)cc1C(C)C. The van der Waals surface area contributed by atoms with E-state index in [2.05, 4.69) is 24.9 Å². The Morgan fingerprint density at radius 1 is 1.35 bits per heavy atom. The van der Waals surface area contributed by atoms with Gasteiger partial charge in [0, 0.05) is 18.9 Å². The minimum Gasteiger partial charge on any atom is -0.496 e. The molecule has 2 rings (SSSR count). The highest BCUT2D eigenvalue weighted by Crippen LogP contribution is 2.32. The molecule has 1 heterocycles. The minimum absolute atomic E-state index is 0.385. The van der Waals surface area contributed by atoms with E-state index < -0.39 is 0 Å². The molecule has 20 heavy (non-hydrogen) atoms. The molecule has 0 atom stereocenters. The zero-order valence-electron chi connectivity index (χ0n) is 12.6. The van der Waals surface area contributed by atoms with E-state index in [1.165, 1.54) is 5.56 Å². The Morgan fingerprint density at radius 2 is 2.10 bits per heavy atom. The first-order valence-electron chi connectivity index (χ1n) is 6.91. The van der Waals surface area contributed by atoms with E-state index in [1.54, 1.807) is 7.11 Å². The lowest BCUT2D eigenvalue weighted by Gasteiger charge is -2.13. The number of hydrogen-bond acceptors (Lipinski definition) is 4. The Balaban J connectivity index is 2.50. The van der Waals surface area contributed by atoms with E-state index in [0.29, 0.717) is 24.8 Å². The Hall–Kier alpha value is -1.81. The van der Waals surface area contributed by atoms with Crippen LogP contribution in [0.25, 0.3) is 11.3 Å². The summed E-state index contributed by atoms with van der Waals surface area (Å²) in [5.74, 6) is 2.82. The molecule has 0 fully saturated rings. The summed E-state index contributed by atoms with van der Waals surface area (Å²) < 4.78 is 11.1. The van der Waals surface area contributed by atoms with Crippen LogP contribution in [0.5, 0.6) is 5.75 Å². The van der Waals surface area contributed by atoms with Crippen molar-refractivity contribution in [2.24, 2.45) is 5.73 Å². The molecule has 0 aliphatic carbocycles. The molecule has 1 aromatic heterocycles. The topological polar surface area (TPSA) is 61.3 Å². The predicted molar refractivity (Wildman–Crippen MR) is 80.1 cm³/mol. The highest BCUT2D eigenvalue weighted by molar-refractivity contribution is 5.64. The summed E-state index contributed by atoms with van der Waals surface area (Å²) >= 11 is 0. The number of ether oxygens (including phenoxy) is 1. The Morgan fingerprint density at radius 3 is 2.70 bits per heavy atom. The van der Waals surface area contributed by atoms with Gasteiger partial charge < -0.3 is 14.9 Å². The summed E-state index contributed by atoms with van der Waals surface area (Å²) in [6.07, 6.45) is 0.694. The fourth-order valence-electron chi connectivity index (χ4n) is 2.33. The van der Waals surface area contributed by atoms with E-state index in [-0.39, 0.29) is 0 Å². The summed E-state index contributed by atoms with van der Waals surface area (Å²) in [6.45, 7) is 6.71. The number of aromatic nitrogens is 1. The molecule has 0 radical (unpaired) electrons. The molecule has 1 aromatic carbocycles. The molecule has 0 unspecified atom stereocenters. The maximum atomic E-state index is 5.64. The second-order valence-electron chi connectivity index (χ2n) is 5.15. The molecule has 0 bridgehead atoms. The van der Waals surface area contributed by atoms with Crippen LogP contribution in [0.1, 0.15) is 37.0 Å².